The third-order valence-electron chi connectivity index (χ3n) is 3.38. The fourth-order valence-corrected chi connectivity index (χ4v) is 2.16. The van der Waals surface area contributed by atoms with Crippen molar-refractivity contribution in [2.45, 2.75) is 19.8 Å². The molecule has 0 amide bonds. The van der Waals surface area contributed by atoms with Crippen LogP contribution in [0.1, 0.15) is 25.3 Å². The highest BCUT2D eigenvalue weighted by Crippen LogP contribution is 2.28. The molecule has 0 aliphatic heterocycles. The zero-order chi connectivity index (χ0) is 14.8. The first kappa shape index (κ1) is 13.4. The Hall–Kier alpha value is -2.62. The predicted molar refractivity (Wildman–Crippen MR) is 84.6 cm³/mol. The summed E-state index contributed by atoms with van der Waals surface area (Å²) in [5.74, 6) is 1.77. The van der Waals surface area contributed by atoms with Gasteiger partial charge in [0.05, 0.1) is 10.9 Å². The molecule has 2 aromatic carbocycles. The van der Waals surface area contributed by atoms with Crippen LogP contribution in [0.4, 0.5) is 5.69 Å². The van der Waals surface area contributed by atoms with E-state index in [4.69, 9.17) is 10.5 Å². The molecule has 0 aliphatic carbocycles. The molecule has 0 atom stereocenters. The molecule has 2 N–H and O–H groups in total. The molecule has 106 valence electrons. The van der Waals surface area contributed by atoms with E-state index in [1.54, 1.807) is 0 Å². The molecule has 4 heteroatoms. The van der Waals surface area contributed by atoms with Crippen molar-refractivity contribution in [1.29, 1.82) is 0 Å². The van der Waals surface area contributed by atoms with E-state index in [-0.39, 0.29) is 0 Å². The molecule has 1 aromatic heterocycles. The molecule has 21 heavy (non-hydrogen) atoms. The number of fused-ring (bicyclic) bond motifs is 1. The minimum Gasteiger partial charge on any atom is -0.438 e. The lowest BCUT2D eigenvalue weighted by atomic mass is 10.0. The van der Waals surface area contributed by atoms with Crippen LogP contribution in [-0.4, -0.2) is 9.97 Å². The van der Waals surface area contributed by atoms with Gasteiger partial charge in [-0.2, -0.15) is 0 Å². The molecule has 0 aliphatic rings. The summed E-state index contributed by atoms with van der Waals surface area (Å²) in [5, 5.41) is 0.811. The van der Waals surface area contributed by atoms with Crippen molar-refractivity contribution in [2.75, 3.05) is 5.73 Å². The van der Waals surface area contributed by atoms with Crippen molar-refractivity contribution in [3.63, 3.8) is 0 Å². The number of rotatable bonds is 3. The van der Waals surface area contributed by atoms with Crippen LogP contribution < -0.4 is 10.5 Å². The molecule has 3 aromatic rings. The van der Waals surface area contributed by atoms with Gasteiger partial charge in [-0.05, 0) is 41.8 Å². The largest absolute Gasteiger partial charge is 0.438 e. The van der Waals surface area contributed by atoms with Gasteiger partial charge in [0.2, 0.25) is 5.88 Å². The first-order valence-electron chi connectivity index (χ1n) is 6.91. The summed E-state index contributed by atoms with van der Waals surface area (Å²) in [6.45, 7) is 4.33. The highest BCUT2D eigenvalue weighted by atomic mass is 16.5. The Morgan fingerprint density at radius 1 is 1.00 bits per heavy atom. The van der Waals surface area contributed by atoms with Crippen LogP contribution >= 0.6 is 0 Å². The average molecular weight is 279 g/mol. The first-order valence-corrected chi connectivity index (χ1v) is 6.91. The lowest BCUT2D eigenvalue weighted by Crippen LogP contribution is -1.93. The third kappa shape index (κ3) is 2.79. The Labute approximate surface area is 123 Å². The van der Waals surface area contributed by atoms with Gasteiger partial charge in [0.25, 0.3) is 0 Å². The zero-order valence-electron chi connectivity index (χ0n) is 12.1. The third-order valence-corrected chi connectivity index (χ3v) is 3.38. The Bertz CT molecular complexity index is 767. The summed E-state index contributed by atoms with van der Waals surface area (Å²) < 4.78 is 5.87. The highest BCUT2D eigenvalue weighted by molar-refractivity contribution is 5.86. The van der Waals surface area contributed by atoms with E-state index in [9.17, 15) is 0 Å². The molecular formula is C17H17N3O. The number of benzene rings is 2. The minimum absolute atomic E-state index is 0.499. The van der Waals surface area contributed by atoms with Crippen LogP contribution in [0.5, 0.6) is 11.6 Å². The number of nitrogen functional groups attached to an aromatic ring is 1. The molecule has 0 radical (unpaired) electrons. The van der Waals surface area contributed by atoms with Gasteiger partial charge in [-0.15, -0.1) is 0 Å². The first-order chi connectivity index (χ1) is 10.1. The SMILES string of the molecule is CC(C)c1ccc(Oc2ncnc3ccc(N)cc23)cc1. The van der Waals surface area contributed by atoms with Gasteiger partial charge in [0, 0.05) is 5.69 Å². The lowest BCUT2D eigenvalue weighted by Gasteiger charge is -2.09. The topological polar surface area (TPSA) is 61.0 Å². The maximum Gasteiger partial charge on any atom is 0.230 e. The van der Waals surface area contributed by atoms with Gasteiger partial charge in [-0.3, -0.25) is 0 Å². The Kier molecular flexibility index (Phi) is 3.44. The van der Waals surface area contributed by atoms with Crippen LogP contribution in [0.25, 0.3) is 10.9 Å². The highest BCUT2D eigenvalue weighted by Gasteiger charge is 2.07. The monoisotopic (exact) mass is 279 g/mol. The van der Waals surface area contributed by atoms with Crippen molar-refractivity contribution in [1.82, 2.24) is 9.97 Å². The van der Waals surface area contributed by atoms with Gasteiger partial charge in [0.1, 0.15) is 12.1 Å². The van der Waals surface area contributed by atoms with Gasteiger partial charge in [-0.25, -0.2) is 9.97 Å². The van der Waals surface area contributed by atoms with E-state index in [2.05, 4.69) is 35.9 Å². The van der Waals surface area contributed by atoms with Crippen molar-refractivity contribution >= 4 is 16.6 Å². The van der Waals surface area contributed by atoms with Crippen molar-refractivity contribution in [3.05, 3.63) is 54.4 Å². The summed E-state index contributed by atoms with van der Waals surface area (Å²) >= 11 is 0. The van der Waals surface area contributed by atoms with Crippen LogP contribution in [0.3, 0.4) is 0 Å². The Morgan fingerprint density at radius 3 is 2.48 bits per heavy atom. The van der Waals surface area contributed by atoms with E-state index in [0.717, 1.165) is 16.7 Å². The van der Waals surface area contributed by atoms with Crippen LogP contribution in [0.2, 0.25) is 0 Å². The number of hydrogen-bond donors (Lipinski definition) is 1. The van der Waals surface area contributed by atoms with Gasteiger partial charge in [0.15, 0.2) is 0 Å². The summed E-state index contributed by atoms with van der Waals surface area (Å²) in [4.78, 5) is 8.43. The Morgan fingerprint density at radius 2 is 1.76 bits per heavy atom. The number of anilines is 1. The lowest BCUT2D eigenvalue weighted by molar-refractivity contribution is 0.468. The molecule has 0 bridgehead atoms. The molecule has 0 unspecified atom stereocenters. The molecule has 0 spiro atoms. The van der Waals surface area contributed by atoms with Gasteiger partial charge < -0.3 is 10.5 Å². The summed E-state index contributed by atoms with van der Waals surface area (Å²) in [6.07, 6.45) is 1.50. The normalized spacial score (nSPS) is 11.0. The molecule has 0 saturated heterocycles. The molecule has 3 rings (SSSR count). The van der Waals surface area contributed by atoms with Gasteiger partial charge >= 0.3 is 0 Å². The number of hydrogen-bond acceptors (Lipinski definition) is 4. The Balaban J connectivity index is 1.96. The summed E-state index contributed by atoms with van der Waals surface area (Å²) in [7, 11) is 0. The number of ether oxygens (including phenoxy) is 1. The quantitative estimate of drug-likeness (QED) is 0.732. The van der Waals surface area contributed by atoms with Gasteiger partial charge in [-0.1, -0.05) is 26.0 Å². The van der Waals surface area contributed by atoms with Crippen molar-refractivity contribution in [3.8, 4) is 11.6 Å². The number of aromatic nitrogens is 2. The van der Waals surface area contributed by atoms with E-state index in [1.807, 2.05) is 30.3 Å². The maximum atomic E-state index is 5.87. The zero-order valence-corrected chi connectivity index (χ0v) is 12.1. The maximum absolute atomic E-state index is 5.87. The average Bonchev–Trinajstić information content (AvgIpc) is 2.48. The van der Waals surface area contributed by atoms with E-state index >= 15 is 0 Å². The molecule has 0 fully saturated rings. The second-order valence-corrected chi connectivity index (χ2v) is 5.28. The second kappa shape index (κ2) is 5.40. The van der Waals surface area contributed by atoms with Crippen molar-refractivity contribution < 1.29 is 4.74 Å². The smallest absolute Gasteiger partial charge is 0.230 e. The van der Waals surface area contributed by atoms with E-state index < -0.39 is 0 Å². The number of nitrogens with two attached hydrogens (primary N) is 1. The fourth-order valence-electron chi connectivity index (χ4n) is 2.16. The second-order valence-electron chi connectivity index (χ2n) is 5.28. The standard InChI is InChI=1S/C17H17N3O/c1-11(2)12-3-6-14(7-4-12)21-17-15-9-13(18)5-8-16(15)19-10-20-17/h3-11H,18H2,1-2H3. The molecule has 0 saturated carbocycles. The summed E-state index contributed by atoms with van der Waals surface area (Å²) in [5.41, 5.74) is 8.58. The predicted octanol–water partition coefficient (Wildman–Crippen LogP) is 4.13. The van der Waals surface area contributed by atoms with Crippen LogP contribution in [0.15, 0.2) is 48.8 Å². The molecule has 4 nitrogen and oxygen atoms in total. The fraction of sp³-hybridized carbons (Fsp3) is 0.176. The van der Waals surface area contributed by atoms with Crippen LogP contribution in [0, 0.1) is 0 Å². The van der Waals surface area contributed by atoms with Crippen LogP contribution in [-0.2, 0) is 0 Å². The molecule has 1 heterocycles. The summed E-state index contributed by atoms with van der Waals surface area (Å²) in [6, 6.07) is 13.5. The van der Waals surface area contributed by atoms with Crippen molar-refractivity contribution in [2.24, 2.45) is 0 Å². The van der Waals surface area contributed by atoms with E-state index in [1.165, 1.54) is 11.9 Å². The number of nitrogens with zero attached hydrogens (tertiary/aromatic N) is 2. The molecular weight excluding hydrogens is 262 g/mol. The van der Waals surface area contributed by atoms with E-state index in [0.29, 0.717) is 17.5 Å². The minimum atomic E-state index is 0.499.